The SMILES string of the molecule is Fc1ccc(CNC(C2CC2)C2CC2)cc1. The van der Waals surface area contributed by atoms with E-state index in [0.717, 1.165) is 24.4 Å². The highest BCUT2D eigenvalue weighted by Gasteiger charge is 2.40. The first-order chi connectivity index (χ1) is 7.83. The van der Waals surface area contributed by atoms with Gasteiger partial charge in [0.25, 0.3) is 0 Å². The second-order valence-corrected chi connectivity index (χ2v) is 5.21. The van der Waals surface area contributed by atoms with E-state index in [4.69, 9.17) is 0 Å². The first kappa shape index (κ1) is 10.3. The highest BCUT2D eigenvalue weighted by molar-refractivity contribution is 5.16. The molecule has 0 aliphatic heterocycles. The van der Waals surface area contributed by atoms with Crippen LogP contribution in [0.25, 0.3) is 0 Å². The smallest absolute Gasteiger partial charge is 0.123 e. The molecule has 2 saturated carbocycles. The molecule has 0 saturated heterocycles. The van der Waals surface area contributed by atoms with Crippen LogP contribution in [-0.4, -0.2) is 6.04 Å². The van der Waals surface area contributed by atoms with E-state index in [1.54, 1.807) is 12.1 Å². The highest BCUT2D eigenvalue weighted by atomic mass is 19.1. The van der Waals surface area contributed by atoms with Crippen molar-refractivity contribution in [3.8, 4) is 0 Å². The van der Waals surface area contributed by atoms with Crippen molar-refractivity contribution in [2.75, 3.05) is 0 Å². The van der Waals surface area contributed by atoms with Crippen molar-refractivity contribution in [3.05, 3.63) is 35.6 Å². The van der Waals surface area contributed by atoms with Crippen molar-refractivity contribution < 1.29 is 4.39 Å². The van der Waals surface area contributed by atoms with E-state index in [-0.39, 0.29) is 5.82 Å². The molecule has 1 aromatic carbocycles. The number of rotatable bonds is 5. The highest BCUT2D eigenvalue weighted by Crippen LogP contribution is 2.44. The van der Waals surface area contributed by atoms with Gasteiger partial charge in [-0.2, -0.15) is 0 Å². The van der Waals surface area contributed by atoms with E-state index in [2.05, 4.69) is 5.32 Å². The Kier molecular flexibility index (Phi) is 2.68. The maximum atomic E-state index is 12.7. The van der Waals surface area contributed by atoms with E-state index in [1.165, 1.54) is 31.2 Å². The van der Waals surface area contributed by atoms with E-state index >= 15 is 0 Å². The zero-order valence-corrected chi connectivity index (χ0v) is 9.45. The summed E-state index contributed by atoms with van der Waals surface area (Å²) in [4.78, 5) is 0. The van der Waals surface area contributed by atoms with Crippen molar-refractivity contribution in [1.29, 1.82) is 0 Å². The fourth-order valence-corrected chi connectivity index (χ4v) is 2.47. The van der Waals surface area contributed by atoms with Gasteiger partial charge in [-0.05, 0) is 55.2 Å². The summed E-state index contributed by atoms with van der Waals surface area (Å²) in [7, 11) is 0. The molecule has 0 spiro atoms. The minimum absolute atomic E-state index is 0.148. The van der Waals surface area contributed by atoms with Crippen molar-refractivity contribution in [2.45, 2.75) is 38.3 Å². The Balaban J connectivity index is 1.56. The lowest BCUT2D eigenvalue weighted by molar-refractivity contribution is 0.415. The lowest BCUT2D eigenvalue weighted by atomic mass is 10.1. The monoisotopic (exact) mass is 219 g/mol. The maximum Gasteiger partial charge on any atom is 0.123 e. The predicted octanol–water partition coefficient (Wildman–Crippen LogP) is 3.10. The summed E-state index contributed by atoms with van der Waals surface area (Å²) >= 11 is 0. The minimum atomic E-state index is -0.148. The average Bonchev–Trinajstić information content (AvgIpc) is 3.15. The summed E-state index contributed by atoms with van der Waals surface area (Å²) in [5.74, 6) is 1.70. The van der Waals surface area contributed by atoms with Gasteiger partial charge in [-0.15, -0.1) is 0 Å². The Morgan fingerprint density at radius 1 is 1.06 bits per heavy atom. The Morgan fingerprint density at radius 3 is 2.12 bits per heavy atom. The van der Waals surface area contributed by atoms with Crippen LogP contribution in [0, 0.1) is 17.7 Å². The largest absolute Gasteiger partial charge is 0.309 e. The van der Waals surface area contributed by atoms with Gasteiger partial charge in [0.2, 0.25) is 0 Å². The molecule has 1 aromatic rings. The lowest BCUT2D eigenvalue weighted by Crippen LogP contribution is -2.32. The van der Waals surface area contributed by atoms with Crippen LogP contribution in [0.2, 0.25) is 0 Å². The van der Waals surface area contributed by atoms with Crippen molar-refractivity contribution >= 4 is 0 Å². The molecular weight excluding hydrogens is 201 g/mol. The molecule has 1 N–H and O–H groups in total. The van der Waals surface area contributed by atoms with E-state index in [1.807, 2.05) is 12.1 Å². The molecule has 0 aromatic heterocycles. The van der Waals surface area contributed by atoms with E-state index in [0.29, 0.717) is 0 Å². The van der Waals surface area contributed by atoms with Gasteiger partial charge in [0, 0.05) is 12.6 Å². The van der Waals surface area contributed by atoms with E-state index < -0.39 is 0 Å². The third-order valence-electron chi connectivity index (χ3n) is 3.71. The fourth-order valence-electron chi connectivity index (χ4n) is 2.47. The molecule has 2 fully saturated rings. The normalized spacial score (nSPS) is 20.4. The minimum Gasteiger partial charge on any atom is -0.309 e. The van der Waals surface area contributed by atoms with Gasteiger partial charge < -0.3 is 5.32 Å². The molecule has 16 heavy (non-hydrogen) atoms. The number of benzene rings is 1. The summed E-state index contributed by atoms with van der Waals surface area (Å²) < 4.78 is 12.7. The second-order valence-electron chi connectivity index (χ2n) is 5.21. The molecule has 0 bridgehead atoms. The first-order valence-corrected chi connectivity index (χ1v) is 6.31. The molecule has 0 heterocycles. The van der Waals surface area contributed by atoms with Crippen molar-refractivity contribution in [1.82, 2.24) is 5.32 Å². The van der Waals surface area contributed by atoms with Gasteiger partial charge in [-0.1, -0.05) is 12.1 Å². The van der Waals surface area contributed by atoms with Crippen molar-refractivity contribution in [2.24, 2.45) is 11.8 Å². The van der Waals surface area contributed by atoms with Crippen LogP contribution < -0.4 is 5.32 Å². The molecule has 2 heteroatoms. The molecule has 0 amide bonds. The Hall–Kier alpha value is -0.890. The van der Waals surface area contributed by atoms with Crippen LogP contribution >= 0.6 is 0 Å². The number of hydrogen-bond donors (Lipinski definition) is 1. The summed E-state index contributed by atoms with van der Waals surface area (Å²) in [5, 5.41) is 3.66. The number of halogens is 1. The molecule has 2 aliphatic carbocycles. The van der Waals surface area contributed by atoms with E-state index in [9.17, 15) is 4.39 Å². The van der Waals surface area contributed by atoms with Gasteiger partial charge in [-0.25, -0.2) is 4.39 Å². The second kappa shape index (κ2) is 4.17. The maximum absolute atomic E-state index is 12.7. The number of nitrogens with one attached hydrogen (secondary N) is 1. The molecule has 2 aliphatic rings. The van der Waals surface area contributed by atoms with Crippen LogP contribution in [0.4, 0.5) is 4.39 Å². The van der Waals surface area contributed by atoms with Crippen LogP contribution in [-0.2, 0) is 6.54 Å². The topological polar surface area (TPSA) is 12.0 Å². The average molecular weight is 219 g/mol. The standard InChI is InChI=1S/C14H18FN/c15-13-7-1-10(2-8-13)9-16-14(11-3-4-11)12-5-6-12/h1-2,7-8,11-12,14,16H,3-6,9H2. The summed E-state index contributed by atoms with van der Waals surface area (Å²) in [6.45, 7) is 0.887. The molecule has 3 rings (SSSR count). The molecule has 0 atom stereocenters. The van der Waals surface area contributed by atoms with Gasteiger partial charge in [0.1, 0.15) is 5.82 Å². The third-order valence-corrected chi connectivity index (χ3v) is 3.71. The molecule has 86 valence electrons. The molecule has 1 nitrogen and oxygen atoms in total. The Labute approximate surface area is 96.1 Å². The third kappa shape index (κ3) is 2.43. The molecular formula is C14H18FN. The lowest BCUT2D eigenvalue weighted by Gasteiger charge is -2.17. The predicted molar refractivity (Wildman–Crippen MR) is 62.5 cm³/mol. The fraction of sp³-hybridized carbons (Fsp3) is 0.571. The van der Waals surface area contributed by atoms with Crippen LogP contribution in [0.15, 0.2) is 24.3 Å². The quantitative estimate of drug-likeness (QED) is 0.802. The van der Waals surface area contributed by atoms with Crippen LogP contribution in [0.1, 0.15) is 31.2 Å². The summed E-state index contributed by atoms with van der Waals surface area (Å²) in [6, 6.07) is 7.56. The van der Waals surface area contributed by atoms with Gasteiger partial charge in [-0.3, -0.25) is 0 Å². The van der Waals surface area contributed by atoms with Gasteiger partial charge in [0.15, 0.2) is 0 Å². The molecule has 0 unspecified atom stereocenters. The summed E-state index contributed by atoms with van der Waals surface area (Å²) in [6.07, 6.45) is 5.60. The Bertz CT molecular complexity index is 340. The Morgan fingerprint density at radius 2 is 1.62 bits per heavy atom. The van der Waals surface area contributed by atoms with Crippen molar-refractivity contribution in [3.63, 3.8) is 0 Å². The van der Waals surface area contributed by atoms with Gasteiger partial charge in [0.05, 0.1) is 0 Å². The van der Waals surface area contributed by atoms with Gasteiger partial charge >= 0.3 is 0 Å². The first-order valence-electron chi connectivity index (χ1n) is 6.31. The zero-order valence-electron chi connectivity index (χ0n) is 9.45. The van der Waals surface area contributed by atoms with Crippen LogP contribution in [0.5, 0.6) is 0 Å². The molecule has 0 radical (unpaired) electrons. The zero-order chi connectivity index (χ0) is 11.0. The summed E-state index contributed by atoms with van der Waals surface area (Å²) in [5.41, 5.74) is 1.19. The van der Waals surface area contributed by atoms with Crippen LogP contribution in [0.3, 0.4) is 0 Å². The number of hydrogen-bond acceptors (Lipinski definition) is 1.